The second kappa shape index (κ2) is 10.1. The molecule has 4 rings (SSSR count). The second-order valence-corrected chi connectivity index (χ2v) is 8.65. The molecule has 1 aromatic rings. The van der Waals surface area contributed by atoms with Crippen molar-refractivity contribution in [3.8, 4) is 5.75 Å². The number of hydrogen-bond donors (Lipinski definition) is 1. The zero-order valence-corrected chi connectivity index (χ0v) is 17.7. The molecule has 1 aliphatic carbocycles. The van der Waals surface area contributed by atoms with Gasteiger partial charge in [-0.15, -0.1) is 0 Å². The zero-order valence-electron chi connectivity index (χ0n) is 16.9. The first-order chi connectivity index (χ1) is 14.2. The Bertz CT molecular complexity index is 681. The molecule has 2 saturated heterocycles. The molecule has 0 spiro atoms. The summed E-state index contributed by atoms with van der Waals surface area (Å²) in [7, 11) is 0. The average molecular weight is 423 g/mol. The number of carbonyl (C=O) groups excluding carboxylic acids is 1. The normalized spacial score (nSPS) is 24.5. The maximum Gasteiger partial charge on any atom is 0.255 e. The van der Waals surface area contributed by atoms with Crippen LogP contribution in [0.1, 0.15) is 48.9 Å². The molecule has 0 unspecified atom stereocenters. The van der Waals surface area contributed by atoms with Crippen molar-refractivity contribution in [1.82, 2.24) is 10.2 Å². The largest absolute Gasteiger partial charge is 0.489 e. The molecule has 0 aromatic heterocycles. The number of nitrogens with one attached hydrogen (secondary N) is 1. The van der Waals surface area contributed by atoms with Crippen LogP contribution in [0.15, 0.2) is 18.2 Å². The number of hydrogen-bond acceptors (Lipinski definition) is 5. The van der Waals surface area contributed by atoms with Crippen LogP contribution in [-0.2, 0) is 9.47 Å². The highest BCUT2D eigenvalue weighted by molar-refractivity contribution is 6.31. The summed E-state index contributed by atoms with van der Waals surface area (Å²) in [5.74, 6) is 0.409. The summed E-state index contributed by atoms with van der Waals surface area (Å²) in [6, 6.07) is 6.03. The van der Waals surface area contributed by atoms with Crippen molar-refractivity contribution in [1.29, 1.82) is 0 Å². The molecule has 2 heterocycles. The maximum absolute atomic E-state index is 12.8. The minimum absolute atomic E-state index is 0.115. The number of carbonyl (C=O) groups is 1. The molecule has 1 saturated carbocycles. The molecule has 1 N–H and O–H groups in total. The Labute approximate surface area is 177 Å². The fraction of sp³-hybridized carbons (Fsp3) is 0.682. The van der Waals surface area contributed by atoms with Gasteiger partial charge in [0.2, 0.25) is 0 Å². The van der Waals surface area contributed by atoms with E-state index in [1.807, 2.05) is 0 Å². The number of amides is 1. The third-order valence-electron chi connectivity index (χ3n) is 6.17. The van der Waals surface area contributed by atoms with Crippen LogP contribution >= 0.6 is 11.6 Å². The first-order valence-electron chi connectivity index (χ1n) is 10.9. The van der Waals surface area contributed by atoms with E-state index in [0.29, 0.717) is 42.7 Å². The van der Waals surface area contributed by atoms with E-state index in [-0.39, 0.29) is 18.1 Å². The number of ether oxygens (including phenoxy) is 3. The van der Waals surface area contributed by atoms with Crippen molar-refractivity contribution < 1.29 is 19.0 Å². The van der Waals surface area contributed by atoms with Gasteiger partial charge in [-0.25, -0.2) is 0 Å². The van der Waals surface area contributed by atoms with Gasteiger partial charge in [0.15, 0.2) is 0 Å². The van der Waals surface area contributed by atoms with E-state index in [1.165, 1.54) is 25.7 Å². The van der Waals surface area contributed by atoms with Crippen molar-refractivity contribution in [2.45, 2.75) is 56.8 Å². The molecule has 3 fully saturated rings. The minimum atomic E-state index is -0.194. The highest BCUT2D eigenvalue weighted by Gasteiger charge is 2.28. The zero-order chi connectivity index (χ0) is 20.1. The molecular formula is C22H31ClN2O4. The number of halogens is 1. The van der Waals surface area contributed by atoms with Gasteiger partial charge in [-0.2, -0.15) is 0 Å². The summed E-state index contributed by atoms with van der Waals surface area (Å²) in [6.45, 7) is 4.22. The molecule has 7 heteroatoms. The smallest absolute Gasteiger partial charge is 0.255 e. The van der Waals surface area contributed by atoms with Gasteiger partial charge in [0.25, 0.3) is 5.91 Å². The first kappa shape index (κ1) is 20.9. The van der Waals surface area contributed by atoms with E-state index in [0.717, 1.165) is 32.0 Å². The van der Waals surface area contributed by atoms with Crippen LogP contribution in [0.4, 0.5) is 0 Å². The highest BCUT2D eigenvalue weighted by Crippen LogP contribution is 2.29. The van der Waals surface area contributed by atoms with Gasteiger partial charge in [0.1, 0.15) is 11.9 Å². The molecule has 6 nitrogen and oxygen atoms in total. The lowest BCUT2D eigenvalue weighted by Crippen LogP contribution is -2.43. The third kappa shape index (κ3) is 5.63. The molecule has 2 aliphatic heterocycles. The highest BCUT2D eigenvalue weighted by atomic mass is 35.5. The molecule has 0 radical (unpaired) electrons. The minimum Gasteiger partial charge on any atom is -0.489 e. The van der Waals surface area contributed by atoms with Gasteiger partial charge >= 0.3 is 0 Å². The standard InChI is InChI=1S/C22H31ClN2O4/c23-16-5-6-21(20(13-16)22(26)24-14-19-15-27-11-12-28-19)29-18-7-9-25(10-8-18)17-3-1-2-4-17/h5-6,13,17-19H,1-4,7-12,14-15H2,(H,24,26)/t19-/m1/s1. The number of nitrogens with zero attached hydrogens (tertiary/aromatic N) is 1. The molecule has 3 aliphatic rings. The van der Waals surface area contributed by atoms with E-state index in [4.69, 9.17) is 25.8 Å². The topological polar surface area (TPSA) is 60.0 Å². The SMILES string of the molecule is O=C(NC[C@@H]1COCCO1)c1cc(Cl)ccc1OC1CCN(C2CCCC2)CC1. The molecule has 29 heavy (non-hydrogen) atoms. The molecule has 1 aromatic carbocycles. The molecule has 0 bridgehead atoms. The number of benzene rings is 1. The van der Waals surface area contributed by atoms with Crippen LogP contribution < -0.4 is 10.1 Å². The van der Waals surface area contributed by atoms with Gasteiger partial charge in [-0.1, -0.05) is 24.4 Å². The van der Waals surface area contributed by atoms with Gasteiger partial charge < -0.3 is 24.4 Å². The van der Waals surface area contributed by atoms with Crippen LogP contribution in [-0.4, -0.2) is 68.5 Å². The van der Waals surface area contributed by atoms with Gasteiger partial charge in [-0.05, 0) is 43.9 Å². The summed E-state index contributed by atoms with van der Waals surface area (Å²) in [4.78, 5) is 15.4. The molecule has 160 valence electrons. The number of piperidine rings is 1. The number of likely N-dealkylation sites (tertiary alicyclic amines) is 1. The Hall–Kier alpha value is -1.34. The van der Waals surface area contributed by atoms with Crippen LogP contribution in [0, 0.1) is 0 Å². The van der Waals surface area contributed by atoms with E-state index >= 15 is 0 Å². The summed E-state index contributed by atoms with van der Waals surface area (Å²) in [6.07, 6.45) is 7.41. The summed E-state index contributed by atoms with van der Waals surface area (Å²) in [5, 5.41) is 3.45. The quantitative estimate of drug-likeness (QED) is 0.762. The fourth-order valence-corrected chi connectivity index (χ4v) is 4.72. The van der Waals surface area contributed by atoms with Gasteiger partial charge in [0.05, 0.1) is 31.5 Å². The summed E-state index contributed by atoms with van der Waals surface area (Å²) in [5.41, 5.74) is 0.479. The lowest BCUT2D eigenvalue weighted by atomic mass is 10.0. The maximum atomic E-state index is 12.8. The van der Waals surface area contributed by atoms with Crippen molar-refractivity contribution >= 4 is 17.5 Å². The monoisotopic (exact) mass is 422 g/mol. The Morgan fingerprint density at radius 3 is 2.69 bits per heavy atom. The third-order valence-corrected chi connectivity index (χ3v) is 6.41. The molecule has 1 atom stereocenters. The van der Waals surface area contributed by atoms with Gasteiger partial charge in [0, 0.05) is 30.7 Å². The van der Waals surface area contributed by atoms with Crippen molar-refractivity contribution in [2.75, 3.05) is 39.5 Å². The van der Waals surface area contributed by atoms with Crippen molar-refractivity contribution in [3.63, 3.8) is 0 Å². The van der Waals surface area contributed by atoms with E-state index in [2.05, 4.69) is 10.2 Å². The molecule has 1 amide bonds. The van der Waals surface area contributed by atoms with E-state index in [9.17, 15) is 4.79 Å². The molecular weight excluding hydrogens is 392 g/mol. The van der Waals surface area contributed by atoms with E-state index < -0.39 is 0 Å². The Morgan fingerprint density at radius 1 is 1.17 bits per heavy atom. The summed E-state index contributed by atoms with van der Waals surface area (Å²) >= 11 is 6.16. The van der Waals surface area contributed by atoms with Gasteiger partial charge in [-0.3, -0.25) is 4.79 Å². The van der Waals surface area contributed by atoms with Crippen LogP contribution in [0.3, 0.4) is 0 Å². The Kier molecular flexibility index (Phi) is 7.29. The van der Waals surface area contributed by atoms with E-state index in [1.54, 1.807) is 18.2 Å². The van der Waals surface area contributed by atoms with Crippen LogP contribution in [0.25, 0.3) is 0 Å². The summed E-state index contributed by atoms with van der Waals surface area (Å²) < 4.78 is 17.2. The predicted octanol–water partition coefficient (Wildman–Crippen LogP) is 3.27. The second-order valence-electron chi connectivity index (χ2n) is 8.21. The lowest BCUT2D eigenvalue weighted by molar-refractivity contribution is -0.0855. The van der Waals surface area contributed by atoms with Crippen molar-refractivity contribution in [2.24, 2.45) is 0 Å². The first-order valence-corrected chi connectivity index (χ1v) is 11.2. The number of rotatable bonds is 6. The van der Waals surface area contributed by atoms with Crippen LogP contribution in [0.5, 0.6) is 5.75 Å². The van der Waals surface area contributed by atoms with Crippen LogP contribution in [0.2, 0.25) is 5.02 Å². The average Bonchev–Trinajstić information content (AvgIpc) is 3.29. The predicted molar refractivity (Wildman–Crippen MR) is 112 cm³/mol. The Balaban J connectivity index is 1.33. The lowest BCUT2D eigenvalue weighted by Gasteiger charge is -2.36. The van der Waals surface area contributed by atoms with Crippen molar-refractivity contribution in [3.05, 3.63) is 28.8 Å². The fourth-order valence-electron chi connectivity index (χ4n) is 4.55. The Morgan fingerprint density at radius 2 is 1.97 bits per heavy atom.